The Morgan fingerprint density at radius 1 is 1.29 bits per heavy atom. The van der Waals surface area contributed by atoms with Crippen LogP contribution in [-0.4, -0.2) is 29.5 Å². The van der Waals surface area contributed by atoms with E-state index in [1.165, 1.54) is 18.3 Å². The first-order valence-electron chi connectivity index (χ1n) is 6.04. The van der Waals surface area contributed by atoms with Crippen molar-refractivity contribution in [1.29, 1.82) is 0 Å². The van der Waals surface area contributed by atoms with E-state index < -0.39 is 5.97 Å². The highest BCUT2D eigenvalue weighted by Gasteiger charge is 2.06. The predicted octanol–water partition coefficient (Wildman–Crippen LogP) is 2.07. The van der Waals surface area contributed by atoms with Gasteiger partial charge >= 0.3 is 5.97 Å². The molecule has 108 valence electrons. The summed E-state index contributed by atoms with van der Waals surface area (Å²) in [6.45, 7) is 0. The summed E-state index contributed by atoms with van der Waals surface area (Å²) >= 11 is 4.87. The van der Waals surface area contributed by atoms with Gasteiger partial charge in [-0.2, -0.15) is 5.10 Å². The zero-order chi connectivity index (χ0) is 15.2. The van der Waals surface area contributed by atoms with Crippen molar-refractivity contribution in [2.24, 2.45) is 5.10 Å². The molecule has 0 fully saturated rings. The Balaban J connectivity index is 2.09. The molecule has 0 amide bonds. The number of furan rings is 1. The molecule has 0 saturated heterocycles. The van der Waals surface area contributed by atoms with Gasteiger partial charge in [0.15, 0.2) is 5.11 Å². The Morgan fingerprint density at radius 2 is 2.00 bits per heavy atom. The molecule has 2 aromatic rings. The van der Waals surface area contributed by atoms with Crippen molar-refractivity contribution >= 4 is 29.5 Å². The van der Waals surface area contributed by atoms with E-state index in [-0.39, 0.29) is 5.56 Å². The van der Waals surface area contributed by atoms with Crippen LogP contribution in [0.4, 0.5) is 0 Å². The third kappa shape index (κ3) is 3.90. The van der Waals surface area contributed by atoms with Crippen molar-refractivity contribution < 1.29 is 14.3 Å². The molecule has 3 N–H and O–H groups in total. The van der Waals surface area contributed by atoms with E-state index in [9.17, 15) is 4.79 Å². The van der Waals surface area contributed by atoms with Gasteiger partial charge < -0.3 is 14.8 Å². The molecule has 0 unspecified atom stereocenters. The molecule has 1 heterocycles. The van der Waals surface area contributed by atoms with Gasteiger partial charge in [0.05, 0.1) is 11.8 Å². The number of nitrogens with one attached hydrogen (secondary N) is 2. The fourth-order valence-corrected chi connectivity index (χ4v) is 1.62. The first-order chi connectivity index (χ1) is 10.1. The molecule has 1 aromatic heterocycles. The maximum atomic E-state index is 10.8. The second kappa shape index (κ2) is 6.67. The van der Waals surface area contributed by atoms with Gasteiger partial charge in [0.2, 0.25) is 0 Å². The van der Waals surface area contributed by atoms with Crippen LogP contribution in [0.5, 0.6) is 0 Å². The fourth-order valence-electron chi connectivity index (χ4n) is 1.56. The summed E-state index contributed by atoms with van der Waals surface area (Å²) in [6, 6.07) is 9.98. The van der Waals surface area contributed by atoms with E-state index in [0.717, 1.165) is 5.56 Å². The average molecular weight is 303 g/mol. The Kier molecular flexibility index (Phi) is 4.68. The lowest BCUT2D eigenvalue weighted by atomic mass is 10.1. The number of rotatable bonds is 4. The number of carboxylic acid groups (broad SMARTS) is 1. The van der Waals surface area contributed by atoms with Crippen LogP contribution in [-0.2, 0) is 0 Å². The van der Waals surface area contributed by atoms with E-state index in [1.807, 2.05) is 0 Å². The van der Waals surface area contributed by atoms with Gasteiger partial charge in [0.25, 0.3) is 0 Å². The second-order valence-electron chi connectivity index (χ2n) is 4.03. The molecule has 0 bridgehead atoms. The molecule has 6 nitrogen and oxygen atoms in total. The second-order valence-corrected chi connectivity index (χ2v) is 4.44. The zero-order valence-electron chi connectivity index (χ0n) is 11.2. The molecule has 0 atom stereocenters. The van der Waals surface area contributed by atoms with Crippen LogP contribution in [0.3, 0.4) is 0 Å². The van der Waals surface area contributed by atoms with E-state index in [1.54, 1.807) is 31.3 Å². The van der Waals surface area contributed by atoms with Gasteiger partial charge in [-0.15, -0.1) is 0 Å². The minimum atomic E-state index is -0.958. The number of carboxylic acids is 1. The highest BCUT2D eigenvalue weighted by atomic mass is 32.1. The largest absolute Gasteiger partial charge is 0.478 e. The molecule has 0 aliphatic heterocycles. The minimum Gasteiger partial charge on any atom is -0.478 e. The Morgan fingerprint density at radius 3 is 2.62 bits per heavy atom. The number of hydrazone groups is 1. The van der Waals surface area contributed by atoms with E-state index >= 15 is 0 Å². The summed E-state index contributed by atoms with van der Waals surface area (Å²) in [7, 11) is 1.69. The molecule has 1 aromatic carbocycles. The lowest BCUT2D eigenvalue weighted by molar-refractivity contribution is 0.0697. The number of aromatic carboxylic acids is 1. The zero-order valence-corrected chi connectivity index (χ0v) is 12.0. The molecule has 7 heteroatoms. The third-order valence-electron chi connectivity index (χ3n) is 2.63. The van der Waals surface area contributed by atoms with Crippen molar-refractivity contribution in [3.8, 4) is 11.3 Å². The first-order valence-corrected chi connectivity index (χ1v) is 6.45. The number of carbonyl (C=O) groups is 1. The van der Waals surface area contributed by atoms with Crippen molar-refractivity contribution in [2.75, 3.05) is 7.05 Å². The molecule has 21 heavy (non-hydrogen) atoms. The highest BCUT2D eigenvalue weighted by molar-refractivity contribution is 7.80. The standard InChI is InChI=1S/C14H13N3O3S/c1-15-14(21)17-16-8-11-6-7-12(20-11)9-2-4-10(5-3-9)13(18)19/h2-8H,1H3,(H,18,19)(H2,15,17,21)/b16-8-. The summed E-state index contributed by atoms with van der Waals surface area (Å²) in [5.74, 6) is 0.226. The normalized spacial score (nSPS) is 10.5. The third-order valence-corrected chi connectivity index (χ3v) is 2.92. The van der Waals surface area contributed by atoms with Gasteiger partial charge in [-0.05, 0) is 36.5 Å². The molecular formula is C14H13N3O3S. The number of benzene rings is 1. The van der Waals surface area contributed by atoms with Gasteiger partial charge in [0.1, 0.15) is 11.5 Å². The Hall–Kier alpha value is -2.67. The molecule has 0 radical (unpaired) electrons. The van der Waals surface area contributed by atoms with Crippen molar-refractivity contribution in [2.45, 2.75) is 0 Å². The topological polar surface area (TPSA) is 86.9 Å². The number of hydrogen-bond acceptors (Lipinski definition) is 4. The van der Waals surface area contributed by atoms with Gasteiger partial charge in [-0.25, -0.2) is 4.79 Å². The van der Waals surface area contributed by atoms with Crippen LogP contribution in [0.2, 0.25) is 0 Å². The van der Waals surface area contributed by atoms with Crippen molar-refractivity contribution in [1.82, 2.24) is 10.7 Å². The summed E-state index contributed by atoms with van der Waals surface area (Å²) in [5, 5.41) is 15.9. The van der Waals surface area contributed by atoms with Crippen molar-refractivity contribution in [3.05, 3.63) is 47.7 Å². The molecule has 0 saturated carbocycles. The van der Waals surface area contributed by atoms with E-state index in [0.29, 0.717) is 16.6 Å². The number of nitrogens with zero attached hydrogens (tertiary/aromatic N) is 1. The van der Waals surface area contributed by atoms with Gasteiger partial charge in [-0.3, -0.25) is 5.43 Å². The smallest absolute Gasteiger partial charge is 0.335 e. The molecule has 0 spiro atoms. The van der Waals surface area contributed by atoms with Crippen molar-refractivity contribution in [3.63, 3.8) is 0 Å². The van der Waals surface area contributed by atoms with Crippen LogP contribution >= 0.6 is 12.2 Å². The summed E-state index contributed by atoms with van der Waals surface area (Å²) < 4.78 is 5.59. The summed E-state index contributed by atoms with van der Waals surface area (Å²) in [5.41, 5.74) is 3.64. The monoisotopic (exact) mass is 303 g/mol. The van der Waals surface area contributed by atoms with Gasteiger partial charge in [-0.1, -0.05) is 12.1 Å². The van der Waals surface area contributed by atoms with Crippen LogP contribution < -0.4 is 10.7 Å². The Bertz CT molecular complexity index is 677. The average Bonchev–Trinajstić information content (AvgIpc) is 2.96. The highest BCUT2D eigenvalue weighted by Crippen LogP contribution is 2.21. The minimum absolute atomic E-state index is 0.233. The number of hydrogen-bond donors (Lipinski definition) is 3. The predicted molar refractivity (Wildman–Crippen MR) is 83.5 cm³/mol. The van der Waals surface area contributed by atoms with Gasteiger partial charge in [0, 0.05) is 12.6 Å². The van der Waals surface area contributed by atoms with Crippen LogP contribution in [0, 0.1) is 0 Å². The fraction of sp³-hybridized carbons (Fsp3) is 0.0714. The summed E-state index contributed by atoms with van der Waals surface area (Å²) in [6.07, 6.45) is 1.50. The number of thiocarbonyl (C=S) groups is 1. The maximum absolute atomic E-state index is 10.8. The molecule has 2 rings (SSSR count). The first kappa shape index (κ1) is 14.7. The maximum Gasteiger partial charge on any atom is 0.335 e. The van der Waals surface area contributed by atoms with E-state index in [4.69, 9.17) is 21.7 Å². The Labute approximate surface area is 126 Å². The SMILES string of the molecule is CNC(=S)N/N=C\c1ccc(-c2ccc(C(=O)O)cc2)o1. The molecule has 0 aliphatic rings. The summed E-state index contributed by atoms with van der Waals surface area (Å²) in [4.78, 5) is 10.8. The van der Waals surface area contributed by atoms with Crippen LogP contribution in [0.1, 0.15) is 16.1 Å². The molecule has 0 aliphatic carbocycles. The van der Waals surface area contributed by atoms with Crippen LogP contribution in [0.25, 0.3) is 11.3 Å². The van der Waals surface area contributed by atoms with E-state index in [2.05, 4.69) is 15.8 Å². The molecular weight excluding hydrogens is 290 g/mol. The lowest BCUT2D eigenvalue weighted by Gasteiger charge is -1.99. The van der Waals surface area contributed by atoms with Crippen LogP contribution in [0.15, 0.2) is 45.9 Å². The lowest BCUT2D eigenvalue weighted by Crippen LogP contribution is -2.28. The quantitative estimate of drug-likeness (QED) is 0.455.